The Morgan fingerprint density at radius 3 is 2.45 bits per heavy atom. The van der Waals surface area contributed by atoms with Gasteiger partial charge in [0.05, 0.1) is 5.38 Å². The molecule has 0 aromatic heterocycles. The first-order chi connectivity index (χ1) is 5.09. The lowest BCUT2D eigenvalue weighted by Gasteiger charge is -2.04. The van der Waals surface area contributed by atoms with Gasteiger partial charge in [0.15, 0.2) is 0 Å². The molecule has 0 aliphatic heterocycles. The summed E-state index contributed by atoms with van der Waals surface area (Å²) in [4.78, 5) is 0. The summed E-state index contributed by atoms with van der Waals surface area (Å²) in [6.45, 7) is 4.04. The molecule has 0 heterocycles. The fourth-order valence-corrected chi connectivity index (χ4v) is 1.75. The maximum atomic E-state index is 5.93. The number of aryl methyl sites for hydroxylation is 1. The van der Waals surface area contributed by atoms with E-state index in [-0.39, 0.29) is 5.38 Å². The van der Waals surface area contributed by atoms with Gasteiger partial charge in [0.25, 0.3) is 0 Å². The molecule has 0 nitrogen and oxygen atoms in total. The zero-order valence-corrected chi connectivity index (χ0v) is 8.91. The standard InChI is InChI=1S/C9H10BrCl/c1-6-3-8(7(2)11)5-9(10)4-6/h3-5,7H,1-2H3. The second kappa shape index (κ2) is 3.59. The number of rotatable bonds is 1. The van der Waals surface area contributed by atoms with E-state index in [1.165, 1.54) is 11.1 Å². The van der Waals surface area contributed by atoms with Crippen LogP contribution in [0.25, 0.3) is 0 Å². The minimum Gasteiger partial charge on any atom is -0.118 e. The summed E-state index contributed by atoms with van der Waals surface area (Å²) >= 11 is 9.35. The third-order valence-corrected chi connectivity index (χ3v) is 2.23. The Kier molecular flexibility index (Phi) is 2.97. The maximum Gasteiger partial charge on any atom is 0.0557 e. The van der Waals surface area contributed by atoms with Gasteiger partial charge in [-0.3, -0.25) is 0 Å². The van der Waals surface area contributed by atoms with Crippen LogP contribution in [0, 0.1) is 6.92 Å². The summed E-state index contributed by atoms with van der Waals surface area (Å²) in [5.74, 6) is 0. The molecule has 0 saturated carbocycles. The molecule has 1 rings (SSSR count). The van der Waals surface area contributed by atoms with Crippen molar-refractivity contribution in [2.24, 2.45) is 0 Å². The van der Waals surface area contributed by atoms with Crippen LogP contribution in [0.1, 0.15) is 23.4 Å². The maximum absolute atomic E-state index is 5.93. The van der Waals surface area contributed by atoms with Crippen LogP contribution in [0.15, 0.2) is 22.7 Å². The van der Waals surface area contributed by atoms with Gasteiger partial charge < -0.3 is 0 Å². The third kappa shape index (κ3) is 2.49. The van der Waals surface area contributed by atoms with Gasteiger partial charge in [0, 0.05) is 4.47 Å². The Morgan fingerprint density at radius 1 is 1.36 bits per heavy atom. The summed E-state index contributed by atoms with van der Waals surface area (Å²) in [6, 6.07) is 6.22. The number of halogens is 2. The van der Waals surface area contributed by atoms with Gasteiger partial charge in [0.1, 0.15) is 0 Å². The second-order valence-corrected chi connectivity index (χ2v) is 4.25. The number of benzene rings is 1. The molecule has 2 heteroatoms. The van der Waals surface area contributed by atoms with Crippen molar-refractivity contribution < 1.29 is 0 Å². The van der Waals surface area contributed by atoms with Crippen molar-refractivity contribution in [3.05, 3.63) is 33.8 Å². The molecule has 60 valence electrons. The quantitative estimate of drug-likeness (QED) is 0.642. The Balaban J connectivity index is 3.08. The van der Waals surface area contributed by atoms with Gasteiger partial charge in [-0.05, 0) is 37.1 Å². The summed E-state index contributed by atoms with van der Waals surface area (Å²) < 4.78 is 1.10. The molecule has 0 amide bonds. The number of alkyl halides is 1. The van der Waals surface area contributed by atoms with Gasteiger partial charge in [0.2, 0.25) is 0 Å². The molecule has 11 heavy (non-hydrogen) atoms. The highest BCUT2D eigenvalue weighted by Gasteiger charge is 2.01. The van der Waals surface area contributed by atoms with Crippen LogP contribution in [0.2, 0.25) is 0 Å². The molecule has 0 radical (unpaired) electrons. The zero-order valence-electron chi connectivity index (χ0n) is 6.57. The molecule has 1 aromatic rings. The third-order valence-electron chi connectivity index (χ3n) is 1.52. The molecule has 0 aliphatic rings. The van der Waals surface area contributed by atoms with E-state index in [0.29, 0.717) is 0 Å². The van der Waals surface area contributed by atoms with E-state index >= 15 is 0 Å². The van der Waals surface area contributed by atoms with E-state index < -0.39 is 0 Å². The highest BCUT2D eigenvalue weighted by atomic mass is 79.9. The fourth-order valence-electron chi connectivity index (χ4n) is 0.994. The van der Waals surface area contributed by atoms with E-state index in [2.05, 4.69) is 35.0 Å². The van der Waals surface area contributed by atoms with Crippen LogP contribution in [0.5, 0.6) is 0 Å². The zero-order chi connectivity index (χ0) is 8.43. The number of hydrogen-bond donors (Lipinski definition) is 0. The van der Waals surface area contributed by atoms with E-state index in [4.69, 9.17) is 11.6 Å². The molecular weight excluding hydrogens is 223 g/mol. The summed E-state index contributed by atoms with van der Waals surface area (Å²) in [5.41, 5.74) is 2.40. The van der Waals surface area contributed by atoms with Gasteiger partial charge in [-0.25, -0.2) is 0 Å². The monoisotopic (exact) mass is 232 g/mol. The van der Waals surface area contributed by atoms with Crippen molar-refractivity contribution in [1.29, 1.82) is 0 Å². The van der Waals surface area contributed by atoms with Crippen LogP contribution in [-0.2, 0) is 0 Å². The molecule has 0 N–H and O–H groups in total. The van der Waals surface area contributed by atoms with Crippen LogP contribution >= 0.6 is 27.5 Å². The molecule has 1 unspecified atom stereocenters. The summed E-state index contributed by atoms with van der Waals surface area (Å²) in [6.07, 6.45) is 0. The molecule has 0 spiro atoms. The van der Waals surface area contributed by atoms with Crippen molar-refractivity contribution in [2.45, 2.75) is 19.2 Å². The normalized spacial score (nSPS) is 13.1. The molecule has 0 saturated heterocycles. The predicted molar refractivity (Wildman–Crippen MR) is 53.1 cm³/mol. The number of hydrogen-bond acceptors (Lipinski definition) is 0. The summed E-state index contributed by atoms with van der Waals surface area (Å²) in [7, 11) is 0. The van der Waals surface area contributed by atoms with Crippen LogP contribution in [-0.4, -0.2) is 0 Å². The second-order valence-electron chi connectivity index (χ2n) is 2.68. The highest BCUT2D eigenvalue weighted by molar-refractivity contribution is 9.10. The molecule has 1 aromatic carbocycles. The first-order valence-corrected chi connectivity index (χ1v) is 4.73. The predicted octanol–water partition coefficient (Wildman–Crippen LogP) is 4.06. The Labute approximate surface area is 80.7 Å². The lowest BCUT2D eigenvalue weighted by Crippen LogP contribution is -1.85. The van der Waals surface area contributed by atoms with Gasteiger partial charge in [-0.2, -0.15) is 0 Å². The minimum absolute atomic E-state index is 0.0891. The molecule has 0 fully saturated rings. The smallest absolute Gasteiger partial charge is 0.0557 e. The topological polar surface area (TPSA) is 0 Å². The van der Waals surface area contributed by atoms with Gasteiger partial charge in [-0.1, -0.05) is 22.0 Å². The summed E-state index contributed by atoms with van der Waals surface area (Å²) in [5, 5.41) is 0.0891. The SMILES string of the molecule is Cc1cc(Br)cc(C(C)Cl)c1. The molecule has 0 bridgehead atoms. The van der Waals surface area contributed by atoms with Crippen molar-refractivity contribution >= 4 is 27.5 Å². The first kappa shape index (κ1) is 9.08. The van der Waals surface area contributed by atoms with E-state index in [9.17, 15) is 0 Å². The Bertz CT molecular complexity index is 235. The molecule has 1 atom stereocenters. The van der Waals surface area contributed by atoms with Crippen LogP contribution in [0.4, 0.5) is 0 Å². The van der Waals surface area contributed by atoms with Crippen molar-refractivity contribution in [3.63, 3.8) is 0 Å². The Morgan fingerprint density at radius 2 is 2.00 bits per heavy atom. The average Bonchev–Trinajstić information content (AvgIpc) is 1.85. The van der Waals surface area contributed by atoms with Crippen molar-refractivity contribution in [2.75, 3.05) is 0 Å². The van der Waals surface area contributed by atoms with E-state index in [1.807, 2.05) is 13.0 Å². The van der Waals surface area contributed by atoms with E-state index in [1.54, 1.807) is 0 Å². The molecule has 0 aliphatic carbocycles. The van der Waals surface area contributed by atoms with Gasteiger partial charge in [-0.15, -0.1) is 11.6 Å². The van der Waals surface area contributed by atoms with E-state index in [0.717, 1.165) is 4.47 Å². The average molecular weight is 234 g/mol. The fraction of sp³-hybridized carbons (Fsp3) is 0.333. The lowest BCUT2D eigenvalue weighted by molar-refractivity contribution is 1.07. The first-order valence-electron chi connectivity index (χ1n) is 3.51. The minimum atomic E-state index is 0.0891. The van der Waals surface area contributed by atoms with Crippen LogP contribution in [0.3, 0.4) is 0 Å². The Hall–Kier alpha value is -0.0100. The van der Waals surface area contributed by atoms with Crippen LogP contribution < -0.4 is 0 Å². The highest BCUT2D eigenvalue weighted by Crippen LogP contribution is 2.24. The van der Waals surface area contributed by atoms with Crippen molar-refractivity contribution in [3.8, 4) is 0 Å². The van der Waals surface area contributed by atoms with Gasteiger partial charge >= 0.3 is 0 Å². The molecular formula is C9H10BrCl. The lowest BCUT2D eigenvalue weighted by atomic mass is 10.1. The largest absolute Gasteiger partial charge is 0.118 e. The van der Waals surface area contributed by atoms with Crippen molar-refractivity contribution in [1.82, 2.24) is 0 Å².